The third-order valence-corrected chi connectivity index (χ3v) is 5.07. The van der Waals surface area contributed by atoms with Crippen molar-refractivity contribution in [1.82, 2.24) is 4.90 Å². The lowest BCUT2D eigenvalue weighted by molar-refractivity contribution is 0.0794. The fourth-order valence-electron chi connectivity index (χ4n) is 2.28. The third-order valence-electron chi connectivity index (χ3n) is 4.09. The van der Waals surface area contributed by atoms with Crippen molar-refractivity contribution in [3.63, 3.8) is 0 Å². The largest absolute Gasteiger partial charge is 0.341 e. The topological polar surface area (TPSA) is 87.5 Å². The number of anilines is 2. The summed E-state index contributed by atoms with van der Waals surface area (Å²) in [5.41, 5.74) is 6.74. The molecule has 1 heterocycles. The Morgan fingerprint density at radius 2 is 1.81 bits per heavy atom. The van der Waals surface area contributed by atoms with Crippen LogP contribution in [0, 0.1) is 5.92 Å². The van der Waals surface area contributed by atoms with E-state index in [0.717, 1.165) is 6.42 Å². The van der Waals surface area contributed by atoms with Gasteiger partial charge in [-0.3, -0.25) is 10.1 Å². The van der Waals surface area contributed by atoms with E-state index in [2.05, 4.69) is 24.5 Å². The van der Waals surface area contributed by atoms with Crippen LogP contribution in [0.25, 0.3) is 0 Å². The maximum Gasteiger partial charge on any atom is 0.324 e. The Morgan fingerprint density at radius 1 is 1.12 bits per heavy atom. The van der Waals surface area contributed by atoms with Gasteiger partial charge in [0, 0.05) is 25.3 Å². The fraction of sp³-hybridized carbons (Fsp3) is 0.368. The standard InChI is InChI=1S/C19H26N4O2S/c1-13(2)15(20)11-12-23(3)18(24)16-9-10-17(26-16)22-19(25)21-14-7-5-4-6-8-14/h4-10,13,15H,11-12,20H2,1-3H3,(H2,21,22,25). The minimum Gasteiger partial charge on any atom is -0.341 e. The Morgan fingerprint density at radius 3 is 2.46 bits per heavy atom. The Hall–Kier alpha value is -2.38. The average Bonchev–Trinajstić information content (AvgIpc) is 3.07. The Bertz CT molecular complexity index is 730. The Balaban J connectivity index is 1.87. The van der Waals surface area contributed by atoms with E-state index >= 15 is 0 Å². The molecule has 1 aromatic heterocycles. The number of rotatable bonds is 7. The average molecular weight is 375 g/mol. The molecule has 26 heavy (non-hydrogen) atoms. The maximum atomic E-state index is 12.5. The molecule has 2 aromatic rings. The monoisotopic (exact) mass is 374 g/mol. The number of amides is 3. The summed E-state index contributed by atoms with van der Waals surface area (Å²) in [6.07, 6.45) is 0.760. The lowest BCUT2D eigenvalue weighted by Crippen LogP contribution is -2.34. The number of hydrogen-bond donors (Lipinski definition) is 3. The van der Waals surface area contributed by atoms with Gasteiger partial charge < -0.3 is 16.0 Å². The number of carbonyl (C=O) groups is 2. The molecule has 0 fully saturated rings. The van der Waals surface area contributed by atoms with Gasteiger partial charge in [0.1, 0.15) is 0 Å². The number of nitrogens with one attached hydrogen (secondary N) is 2. The number of nitrogens with two attached hydrogens (primary N) is 1. The molecule has 6 nitrogen and oxygen atoms in total. The highest BCUT2D eigenvalue weighted by atomic mass is 32.1. The van der Waals surface area contributed by atoms with Gasteiger partial charge in [-0.15, -0.1) is 11.3 Å². The molecular formula is C19H26N4O2S. The van der Waals surface area contributed by atoms with Crippen LogP contribution in [0.4, 0.5) is 15.5 Å². The summed E-state index contributed by atoms with van der Waals surface area (Å²) >= 11 is 1.25. The van der Waals surface area contributed by atoms with E-state index in [0.29, 0.717) is 28.0 Å². The minimum absolute atomic E-state index is 0.0672. The molecule has 0 aliphatic carbocycles. The van der Waals surface area contributed by atoms with Gasteiger partial charge in [-0.2, -0.15) is 0 Å². The van der Waals surface area contributed by atoms with Gasteiger partial charge in [-0.05, 0) is 36.6 Å². The molecule has 3 amide bonds. The van der Waals surface area contributed by atoms with Gasteiger partial charge in [0.25, 0.3) is 5.91 Å². The summed E-state index contributed by atoms with van der Waals surface area (Å²) < 4.78 is 0. The van der Waals surface area contributed by atoms with Crippen molar-refractivity contribution < 1.29 is 9.59 Å². The predicted molar refractivity (Wildman–Crippen MR) is 108 cm³/mol. The summed E-state index contributed by atoms with van der Waals surface area (Å²) in [7, 11) is 1.77. The van der Waals surface area contributed by atoms with Crippen molar-refractivity contribution >= 4 is 34.0 Å². The van der Waals surface area contributed by atoms with E-state index in [9.17, 15) is 9.59 Å². The molecule has 1 aromatic carbocycles. The van der Waals surface area contributed by atoms with Crippen molar-refractivity contribution in [2.45, 2.75) is 26.3 Å². The molecule has 1 unspecified atom stereocenters. The zero-order chi connectivity index (χ0) is 19.1. The van der Waals surface area contributed by atoms with Crippen LogP contribution in [-0.4, -0.2) is 36.5 Å². The van der Waals surface area contributed by atoms with Crippen LogP contribution < -0.4 is 16.4 Å². The lowest BCUT2D eigenvalue weighted by Gasteiger charge is -2.21. The van der Waals surface area contributed by atoms with Crippen molar-refractivity contribution in [3.8, 4) is 0 Å². The summed E-state index contributed by atoms with van der Waals surface area (Å²) in [6, 6.07) is 12.4. The highest BCUT2D eigenvalue weighted by molar-refractivity contribution is 7.18. The summed E-state index contributed by atoms with van der Waals surface area (Å²) in [5, 5.41) is 6.11. The van der Waals surface area contributed by atoms with E-state index in [-0.39, 0.29) is 18.0 Å². The first-order valence-corrected chi connectivity index (χ1v) is 9.42. The van der Waals surface area contributed by atoms with E-state index < -0.39 is 0 Å². The van der Waals surface area contributed by atoms with E-state index in [4.69, 9.17) is 5.73 Å². The molecule has 140 valence electrons. The minimum atomic E-state index is -0.340. The van der Waals surface area contributed by atoms with Crippen LogP contribution in [-0.2, 0) is 0 Å². The number of benzene rings is 1. The molecular weight excluding hydrogens is 348 g/mol. The van der Waals surface area contributed by atoms with Crippen molar-refractivity contribution in [2.24, 2.45) is 11.7 Å². The van der Waals surface area contributed by atoms with Crippen molar-refractivity contribution in [1.29, 1.82) is 0 Å². The fourth-order valence-corrected chi connectivity index (χ4v) is 3.18. The first kappa shape index (κ1) is 19.9. The summed E-state index contributed by atoms with van der Waals surface area (Å²) in [6.45, 7) is 4.75. The van der Waals surface area contributed by atoms with E-state index in [1.165, 1.54) is 11.3 Å². The van der Waals surface area contributed by atoms with Crippen LogP contribution >= 0.6 is 11.3 Å². The second-order valence-corrected chi connectivity index (χ2v) is 7.62. The molecule has 1 atom stereocenters. The lowest BCUT2D eigenvalue weighted by atomic mass is 10.0. The zero-order valence-electron chi connectivity index (χ0n) is 15.4. The van der Waals surface area contributed by atoms with Gasteiger partial charge in [0.2, 0.25) is 0 Å². The molecule has 0 aliphatic heterocycles. The van der Waals surface area contributed by atoms with Gasteiger partial charge in [0.05, 0.1) is 9.88 Å². The molecule has 0 spiro atoms. The van der Waals surface area contributed by atoms with E-state index in [1.807, 2.05) is 18.2 Å². The van der Waals surface area contributed by atoms with Crippen molar-refractivity contribution in [3.05, 3.63) is 47.3 Å². The molecule has 4 N–H and O–H groups in total. The van der Waals surface area contributed by atoms with E-state index in [1.54, 1.807) is 36.2 Å². The first-order chi connectivity index (χ1) is 12.4. The molecule has 0 aliphatic rings. The van der Waals surface area contributed by atoms with Crippen LogP contribution in [0.5, 0.6) is 0 Å². The van der Waals surface area contributed by atoms with Gasteiger partial charge in [-0.1, -0.05) is 32.0 Å². The molecule has 0 saturated heterocycles. The Kier molecular flexibility index (Phi) is 7.17. The number of urea groups is 1. The first-order valence-electron chi connectivity index (χ1n) is 8.60. The second kappa shape index (κ2) is 9.35. The third kappa shape index (κ3) is 5.86. The molecule has 0 bridgehead atoms. The highest BCUT2D eigenvalue weighted by Gasteiger charge is 2.17. The predicted octanol–water partition coefficient (Wildman–Crippen LogP) is 3.84. The maximum absolute atomic E-state index is 12.5. The van der Waals surface area contributed by atoms with Crippen LogP contribution in [0.1, 0.15) is 29.9 Å². The zero-order valence-corrected chi connectivity index (χ0v) is 16.2. The quantitative estimate of drug-likeness (QED) is 0.688. The van der Waals surface area contributed by atoms with Gasteiger partial charge in [-0.25, -0.2) is 4.79 Å². The molecule has 0 saturated carbocycles. The summed E-state index contributed by atoms with van der Waals surface area (Å²) in [5.74, 6) is 0.321. The molecule has 0 radical (unpaired) electrons. The number of para-hydroxylation sites is 1. The number of thiophene rings is 1. The molecule has 7 heteroatoms. The number of nitrogens with zero attached hydrogens (tertiary/aromatic N) is 1. The smallest absolute Gasteiger partial charge is 0.324 e. The van der Waals surface area contributed by atoms with Crippen molar-refractivity contribution in [2.75, 3.05) is 24.2 Å². The molecule has 2 rings (SSSR count). The van der Waals surface area contributed by atoms with Gasteiger partial charge >= 0.3 is 6.03 Å². The SMILES string of the molecule is CC(C)C(N)CCN(C)C(=O)c1ccc(NC(=O)Nc2ccccc2)s1. The van der Waals surface area contributed by atoms with Crippen LogP contribution in [0.2, 0.25) is 0 Å². The normalized spacial score (nSPS) is 11.9. The highest BCUT2D eigenvalue weighted by Crippen LogP contribution is 2.23. The van der Waals surface area contributed by atoms with Gasteiger partial charge in [0.15, 0.2) is 0 Å². The second-order valence-electron chi connectivity index (χ2n) is 6.53. The number of carbonyl (C=O) groups excluding carboxylic acids is 2. The van der Waals surface area contributed by atoms with Crippen LogP contribution in [0.3, 0.4) is 0 Å². The van der Waals surface area contributed by atoms with Crippen LogP contribution in [0.15, 0.2) is 42.5 Å². The Labute approximate surface area is 158 Å². The summed E-state index contributed by atoms with van der Waals surface area (Å²) in [4.78, 5) is 26.7. The number of hydrogen-bond acceptors (Lipinski definition) is 4.